The summed E-state index contributed by atoms with van der Waals surface area (Å²) in [6.45, 7) is 0. The van der Waals surface area contributed by atoms with E-state index in [0.29, 0.717) is 16.5 Å². The van der Waals surface area contributed by atoms with Crippen molar-refractivity contribution in [2.24, 2.45) is 0 Å². The highest BCUT2D eigenvalue weighted by molar-refractivity contribution is 6.30. The first-order chi connectivity index (χ1) is 12.2. The molecule has 5 heteroatoms. The molecule has 2 N–H and O–H groups in total. The Morgan fingerprint density at radius 1 is 0.920 bits per heavy atom. The molecule has 0 aliphatic carbocycles. The summed E-state index contributed by atoms with van der Waals surface area (Å²) in [4.78, 5) is 16.3. The lowest BCUT2D eigenvalue weighted by molar-refractivity contribution is -0.111. The Bertz CT molecular complexity index is 860. The lowest BCUT2D eigenvalue weighted by Crippen LogP contribution is -2.08. The highest BCUT2D eigenvalue weighted by Gasteiger charge is 2.00. The summed E-state index contributed by atoms with van der Waals surface area (Å²) < 4.78 is 0. The lowest BCUT2D eigenvalue weighted by atomic mass is 10.2. The number of pyridine rings is 1. The fourth-order valence-corrected chi connectivity index (χ4v) is 2.27. The summed E-state index contributed by atoms with van der Waals surface area (Å²) in [5.74, 6) is 0.487. The van der Waals surface area contributed by atoms with Crippen molar-refractivity contribution < 1.29 is 4.79 Å². The zero-order valence-electron chi connectivity index (χ0n) is 13.3. The largest absolute Gasteiger partial charge is 0.340 e. The predicted octanol–water partition coefficient (Wildman–Crippen LogP) is 5.13. The zero-order valence-corrected chi connectivity index (χ0v) is 14.1. The Labute approximate surface area is 151 Å². The second-order valence-corrected chi connectivity index (χ2v) is 5.73. The Morgan fingerprint density at radius 3 is 2.36 bits per heavy atom. The summed E-state index contributed by atoms with van der Waals surface area (Å²) in [6.07, 6.45) is 4.81. The number of nitrogens with one attached hydrogen (secondary N) is 2. The van der Waals surface area contributed by atoms with E-state index in [2.05, 4.69) is 15.6 Å². The van der Waals surface area contributed by atoms with Gasteiger partial charge in [0.2, 0.25) is 5.91 Å². The molecule has 0 saturated carbocycles. The van der Waals surface area contributed by atoms with Gasteiger partial charge in [-0.25, -0.2) is 4.98 Å². The van der Waals surface area contributed by atoms with Crippen LogP contribution in [0.25, 0.3) is 6.08 Å². The SMILES string of the molecule is O=C(/C=C/c1ccc(Cl)cc1)Nc1ccc(Nc2ccccc2)nc1. The molecule has 0 spiro atoms. The number of anilines is 3. The molecule has 0 bridgehead atoms. The maximum absolute atomic E-state index is 12.0. The van der Waals surface area contributed by atoms with Gasteiger partial charge in [-0.15, -0.1) is 0 Å². The molecular weight excluding hydrogens is 334 g/mol. The number of aromatic nitrogens is 1. The Morgan fingerprint density at radius 2 is 1.68 bits per heavy atom. The molecule has 0 radical (unpaired) electrons. The van der Waals surface area contributed by atoms with Crippen molar-refractivity contribution in [2.45, 2.75) is 0 Å². The van der Waals surface area contributed by atoms with E-state index in [1.54, 1.807) is 30.5 Å². The molecule has 1 amide bonds. The first-order valence-corrected chi connectivity index (χ1v) is 8.09. The van der Waals surface area contributed by atoms with E-state index >= 15 is 0 Å². The Hall–Kier alpha value is -3.11. The number of halogens is 1. The van der Waals surface area contributed by atoms with Gasteiger partial charge in [-0.3, -0.25) is 4.79 Å². The van der Waals surface area contributed by atoms with Crippen molar-refractivity contribution in [2.75, 3.05) is 10.6 Å². The highest BCUT2D eigenvalue weighted by atomic mass is 35.5. The highest BCUT2D eigenvalue weighted by Crippen LogP contribution is 2.16. The molecule has 0 saturated heterocycles. The number of hydrogen-bond donors (Lipinski definition) is 2. The molecule has 1 aromatic heterocycles. The molecule has 0 atom stereocenters. The Balaban J connectivity index is 1.57. The van der Waals surface area contributed by atoms with Crippen molar-refractivity contribution in [3.63, 3.8) is 0 Å². The number of para-hydroxylation sites is 1. The first kappa shape index (κ1) is 16.7. The monoisotopic (exact) mass is 349 g/mol. The fraction of sp³-hybridized carbons (Fsp3) is 0. The molecule has 0 fully saturated rings. The molecule has 3 aromatic rings. The molecule has 0 unspecified atom stereocenters. The summed E-state index contributed by atoms with van der Waals surface area (Å²) in [5, 5.41) is 6.62. The van der Waals surface area contributed by atoms with Crippen molar-refractivity contribution >= 4 is 40.8 Å². The van der Waals surface area contributed by atoms with Crippen molar-refractivity contribution in [1.29, 1.82) is 0 Å². The van der Waals surface area contributed by atoms with Crippen LogP contribution in [0.3, 0.4) is 0 Å². The van der Waals surface area contributed by atoms with Gasteiger partial charge in [-0.1, -0.05) is 41.9 Å². The van der Waals surface area contributed by atoms with Gasteiger partial charge in [0.15, 0.2) is 0 Å². The van der Waals surface area contributed by atoms with Gasteiger partial charge in [0.05, 0.1) is 11.9 Å². The van der Waals surface area contributed by atoms with Gasteiger partial charge in [-0.2, -0.15) is 0 Å². The molecule has 25 heavy (non-hydrogen) atoms. The van der Waals surface area contributed by atoms with Crippen LogP contribution in [0.1, 0.15) is 5.56 Å². The number of carbonyl (C=O) groups is 1. The van der Waals surface area contributed by atoms with E-state index in [1.807, 2.05) is 48.5 Å². The summed E-state index contributed by atoms with van der Waals surface area (Å²) in [5.41, 5.74) is 2.49. The van der Waals surface area contributed by atoms with Crippen LogP contribution < -0.4 is 10.6 Å². The minimum atomic E-state index is -0.222. The quantitative estimate of drug-likeness (QED) is 0.628. The first-order valence-electron chi connectivity index (χ1n) is 7.72. The minimum Gasteiger partial charge on any atom is -0.340 e. The summed E-state index contributed by atoms with van der Waals surface area (Å²) >= 11 is 5.83. The third-order valence-corrected chi connectivity index (χ3v) is 3.63. The summed E-state index contributed by atoms with van der Waals surface area (Å²) in [7, 11) is 0. The van der Waals surface area contributed by atoms with Crippen LogP contribution in [-0.4, -0.2) is 10.9 Å². The van der Waals surface area contributed by atoms with Crippen molar-refractivity contribution in [1.82, 2.24) is 4.98 Å². The van der Waals surface area contributed by atoms with E-state index in [1.165, 1.54) is 6.08 Å². The molecule has 4 nitrogen and oxygen atoms in total. The van der Waals surface area contributed by atoms with Crippen LogP contribution in [0.2, 0.25) is 5.02 Å². The number of rotatable bonds is 5. The van der Waals surface area contributed by atoms with Crippen LogP contribution in [-0.2, 0) is 4.79 Å². The second kappa shape index (κ2) is 8.13. The molecule has 0 aliphatic rings. The molecule has 1 heterocycles. The molecular formula is C20H16ClN3O. The number of benzene rings is 2. The number of hydrogen-bond acceptors (Lipinski definition) is 3. The van der Waals surface area contributed by atoms with Crippen molar-refractivity contribution in [3.8, 4) is 0 Å². The van der Waals surface area contributed by atoms with Crippen LogP contribution in [0, 0.1) is 0 Å². The van der Waals surface area contributed by atoms with Gasteiger partial charge < -0.3 is 10.6 Å². The third kappa shape index (κ3) is 5.19. The van der Waals surface area contributed by atoms with Gasteiger partial charge in [0, 0.05) is 16.8 Å². The maximum atomic E-state index is 12.0. The van der Waals surface area contributed by atoms with E-state index in [-0.39, 0.29) is 5.91 Å². The van der Waals surface area contributed by atoms with Crippen molar-refractivity contribution in [3.05, 3.63) is 89.6 Å². The topological polar surface area (TPSA) is 54.0 Å². The fourth-order valence-electron chi connectivity index (χ4n) is 2.14. The molecule has 3 rings (SSSR count). The van der Waals surface area contributed by atoms with E-state index < -0.39 is 0 Å². The van der Waals surface area contributed by atoms with E-state index in [4.69, 9.17) is 11.6 Å². The molecule has 2 aromatic carbocycles. The van der Waals surface area contributed by atoms with Gasteiger partial charge in [-0.05, 0) is 48.0 Å². The average Bonchev–Trinajstić information content (AvgIpc) is 2.64. The average molecular weight is 350 g/mol. The van der Waals surface area contributed by atoms with Gasteiger partial charge in [0.1, 0.15) is 5.82 Å². The summed E-state index contributed by atoms with van der Waals surface area (Å²) in [6, 6.07) is 20.6. The number of nitrogens with zero attached hydrogens (tertiary/aromatic N) is 1. The van der Waals surface area contributed by atoms with Crippen LogP contribution in [0.15, 0.2) is 79.0 Å². The Kier molecular flexibility index (Phi) is 5.44. The van der Waals surface area contributed by atoms with Gasteiger partial charge >= 0.3 is 0 Å². The maximum Gasteiger partial charge on any atom is 0.248 e. The molecule has 0 aliphatic heterocycles. The normalized spacial score (nSPS) is 10.6. The number of carbonyl (C=O) groups excluding carboxylic acids is 1. The zero-order chi connectivity index (χ0) is 17.5. The lowest BCUT2D eigenvalue weighted by Gasteiger charge is -2.06. The second-order valence-electron chi connectivity index (χ2n) is 5.30. The van der Waals surface area contributed by atoms with E-state index in [0.717, 1.165) is 11.3 Å². The van der Waals surface area contributed by atoms with E-state index in [9.17, 15) is 4.79 Å². The predicted molar refractivity (Wildman–Crippen MR) is 103 cm³/mol. The smallest absolute Gasteiger partial charge is 0.248 e. The minimum absolute atomic E-state index is 0.222. The standard InChI is InChI=1S/C20H16ClN3O/c21-16-9-6-15(7-10-16)8-13-20(25)24-18-11-12-19(22-14-18)23-17-4-2-1-3-5-17/h1-14H,(H,22,23)(H,24,25)/b13-8+. The number of amides is 1. The third-order valence-electron chi connectivity index (χ3n) is 3.37. The van der Waals surface area contributed by atoms with Crippen LogP contribution in [0.4, 0.5) is 17.2 Å². The molecule has 124 valence electrons. The van der Waals surface area contributed by atoms with Crippen LogP contribution >= 0.6 is 11.6 Å². The van der Waals surface area contributed by atoms with Crippen LogP contribution in [0.5, 0.6) is 0 Å². The van der Waals surface area contributed by atoms with Gasteiger partial charge in [0.25, 0.3) is 0 Å².